The molecule has 1 aromatic carbocycles. The Kier molecular flexibility index (Phi) is 3.53. The van der Waals surface area contributed by atoms with Gasteiger partial charge >= 0.3 is 0 Å². The summed E-state index contributed by atoms with van der Waals surface area (Å²) in [5.41, 5.74) is 2.01. The van der Waals surface area contributed by atoms with Gasteiger partial charge in [-0.1, -0.05) is 38.5 Å². The van der Waals surface area contributed by atoms with Crippen molar-refractivity contribution in [1.29, 1.82) is 0 Å². The summed E-state index contributed by atoms with van der Waals surface area (Å²) in [6.07, 6.45) is 1.59. The zero-order chi connectivity index (χ0) is 12.4. The fraction of sp³-hybridized carbons (Fsp3) is 0.467. The van der Waals surface area contributed by atoms with Gasteiger partial charge in [-0.25, -0.2) is 0 Å². The summed E-state index contributed by atoms with van der Waals surface area (Å²) in [7, 11) is 0. The number of benzene rings is 1. The molecule has 0 fully saturated rings. The van der Waals surface area contributed by atoms with Crippen molar-refractivity contribution in [2.45, 2.75) is 39.7 Å². The number of hydrogen-bond acceptors (Lipinski definition) is 2. The third kappa shape index (κ3) is 2.37. The van der Waals surface area contributed by atoms with Crippen molar-refractivity contribution < 1.29 is 9.52 Å². The molecule has 0 saturated carbocycles. The molecular weight excluding hydrogens is 212 g/mol. The number of aryl methyl sites for hydroxylation is 1. The summed E-state index contributed by atoms with van der Waals surface area (Å²) < 4.78 is 5.78. The van der Waals surface area contributed by atoms with Crippen molar-refractivity contribution in [1.82, 2.24) is 0 Å². The summed E-state index contributed by atoms with van der Waals surface area (Å²) in [6, 6.07) is 8.02. The van der Waals surface area contributed by atoms with Gasteiger partial charge in [-0.3, -0.25) is 0 Å². The Bertz CT molecular complexity index is 499. The SMILES string of the molecule is CCCC(C)C(O)c1cc2cccc(C)c2o1. The Hall–Kier alpha value is -1.28. The van der Waals surface area contributed by atoms with E-state index >= 15 is 0 Å². The molecule has 2 unspecified atom stereocenters. The summed E-state index contributed by atoms with van der Waals surface area (Å²) in [4.78, 5) is 0. The van der Waals surface area contributed by atoms with Gasteiger partial charge in [0, 0.05) is 5.39 Å². The predicted octanol–water partition coefficient (Wildman–Crippen LogP) is 4.21. The van der Waals surface area contributed by atoms with Gasteiger partial charge in [-0.15, -0.1) is 0 Å². The molecule has 2 atom stereocenters. The maximum atomic E-state index is 10.2. The van der Waals surface area contributed by atoms with E-state index in [1.807, 2.05) is 31.2 Å². The van der Waals surface area contributed by atoms with Crippen molar-refractivity contribution >= 4 is 11.0 Å². The van der Waals surface area contributed by atoms with Crippen LogP contribution in [0.1, 0.15) is 44.1 Å². The monoisotopic (exact) mass is 232 g/mol. The first kappa shape index (κ1) is 12.2. The zero-order valence-electron chi connectivity index (χ0n) is 10.7. The molecule has 0 spiro atoms. The molecule has 0 amide bonds. The molecule has 1 N–H and O–H groups in total. The largest absolute Gasteiger partial charge is 0.458 e. The van der Waals surface area contributed by atoms with E-state index in [-0.39, 0.29) is 5.92 Å². The maximum absolute atomic E-state index is 10.2. The fourth-order valence-electron chi connectivity index (χ4n) is 2.27. The molecule has 2 rings (SSSR count). The third-order valence-corrected chi connectivity index (χ3v) is 3.33. The lowest BCUT2D eigenvalue weighted by molar-refractivity contribution is 0.0912. The minimum absolute atomic E-state index is 0.237. The normalized spacial score (nSPS) is 15.1. The van der Waals surface area contributed by atoms with Crippen LogP contribution in [0.5, 0.6) is 0 Å². The molecule has 0 aliphatic rings. The second-order valence-electron chi connectivity index (χ2n) is 4.85. The van der Waals surface area contributed by atoms with Gasteiger partial charge in [0.1, 0.15) is 17.4 Å². The Labute approximate surface area is 102 Å². The van der Waals surface area contributed by atoms with Crippen LogP contribution in [0.2, 0.25) is 0 Å². The van der Waals surface area contributed by atoms with Crippen LogP contribution in [0.4, 0.5) is 0 Å². The van der Waals surface area contributed by atoms with Crippen LogP contribution in [0, 0.1) is 12.8 Å². The summed E-state index contributed by atoms with van der Waals surface area (Å²) in [5.74, 6) is 0.927. The molecule has 0 aliphatic heterocycles. The number of aliphatic hydroxyl groups excluding tert-OH is 1. The second-order valence-corrected chi connectivity index (χ2v) is 4.85. The maximum Gasteiger partial charge on any atom is 0.137 e. The minimum atomic E-state index is -0.498. The van der Waals surface area contributed by atoms with Gasteiger partial charge in [0.15, 0.2) is 0 Å². The third-order valence-electron chi connectivity index (χ3n) is 3.33. The standard InChI is InChI=1S/C15H20O2/c1-4-6-10(2)14(16)13-9-12-8-5-7-11(3)15(12)17-13/h5,7-10,14,16H,4,6H2,1-3H3. The molecule has 1 aromatic heterocycles. The number of fused-ring (bicyclic) bond motifs is 1. The molecule has 2 aromatic rings. The molecule has 2 nitrogen and oxygen atoms in total. The van der Waals surface area contributed by atoms with E-state index in [1.165, 1.54) is 0 Å². The summed E-state index contributed by atoms with van der Waals surface area (Å²) >= 11 is 0. The lowest BCUT2D eigenvalue weighted by Gasteiger charge is -2.15. The highest BCUT2D eigenvalue weighted by Gasteiger charge is 2.19. The smallest absolute Gasteiger partial charge is 0.137 e. The number of aliphatic hydroxyl groups is 1. The van der Waals surface area contributed by atoms with E-state index in [4.69, 9.17) is 4.42 Å². The quantitative estimate of drug-likeness (QED) is 0.856. The number of hydrogen-bond donors (Lipinski definition) is 1. The fourth-order valence-corrected chi connectivity index (χ4v) is 2.27. The molecule has 2 heteroatoms. The lowest BCUT2D eigenvalue weighted by Crippen LogP contribution is -2.07. The molecule has 17 heavy (non-hydrogen) atoms. The topological polar surface area (TPSA) is 33.4 Å². The van der Waals surface area contributed by atoms with E-state index in [2.05, 4.69) is 13.8 Å². The second kappa shape index (κ2) is 4.92. The Morgan fingerprint density at radius 2 is 2.12 bits per heavy atom. The first-order valence-electron chi connectivity index (χ1n) is 6.30. The number of rotatable bonds is 4. The first-order chi connectivity index (χ1) is 8.13. The minimum Gasteiger partial charge on any atom is -0.458 e. The van der Waals surface area contributed by atoms with Gasteiger partial charge in [0.2, 0.25) is 0 Å². The van der Waals surface area contributed by atoms with Crippen LogP contribution < -0.4 is 0 Å². The molecule has 92 valence electrons. The van der Waals surface area contributed by atoms with E-state index in [1.54, 1.807) is 0 Å². The van der Waals surface area contributed by atoms with Crippen LogP contribution >= 0.6 is 0 Å². The highest BCUT2D eigenvalue weighted by atomic mass is 16.4. The molecular formula is C15H20O2. The van der Waals surface area contributed by atoms with Gasteiger partial charge < -0.3 is 9.52 Å². The van der Waals surface area contributed by atoms with E-state index < -0.39 is 6.10 Å². The van der Waals surface area contributed by atoms with Crippen LogP contribution in [0.15, 0.2) is 28.7 Å². The summed E-state index contributed by atoms with van der Waals surface area (Å²) in [5, 5.41) is 11.3. The molecule has 0 saturated heterocycles. The van der Waals surface area contributed by atoms with Gasteiger partial charge in [-0.2, -0.15) is 0 Å². The van der Waals surface area contributed by atoms with Gasteiger partial charge in [-0.05, 0) is 30.9 Å². The molecule has 0 aliphatic carbocycles. The molecule has 0 bridgehead atoms. The molecule has 1 heterocycles. The Balaban J connectivity index is 2.33. The van der Waals surface area contributed by atoms with Crippen molar-refractivity contribution in [2.24, 2.45) is 5.92 Å². The van der Waals surface area contributed by atoms with Crippen LogP contribution in [-0.2, 0) is 0 Å². The number of para-hydroxylation sites is 1. The van der Waals surface area contributed by atoms with Crippen molar-refractivity contribution in [3.05, 3.63) is 35.6 Å². The highest BCUT2D eigenvalue weighted by molar-refractivity contribution is 5.80. The van der Waals surface area contributed by atoms with E-state index in [0.717, 1.165) is 29.4 Å². The van der Waals surface area contributed by atoms with Crippen molar-refractivity contribution in [2.75, 3.05) is 0 Å². The summed E-state index contributed by atoms with van der Waals surface area (Å²) in [6.45, 7) is 6.22. The van der Waals surface area contributed by atoms with Crippen LogP contribution in [0.3, 0.4) is 0 Å². The highest BCUT2D eigenvalue weighted by Crippen LogP contribution is 2.31. The zero-order valence-corrected chi connectivity index (χ0v) is 10.7. The van der Waals surface area contributed by atoms with Crippen molar-refractivity contribution in [3.8, 4) is 0 Å². The number of furan rings is 1. The molecule has 0 radical (unpaired) electrons. The van der Waals surface area contributed by atoms with E-state index in [0.29, 0.717) is 5.76 Å². The lowest BCUT2D eigenvalue weighted by atomic mass is 9.97. The average molecular weight is 232 g/mol. The first-order valence-corrected chi connectivity index (χ1v) is 6.30. The van der Waals surface area contributed by atoms with E-state index in [9.17, 15) is 5.11 Å². The van der Waals surface area contributed by atoms with Gasteiger partial charge in [0.25, 0.3) is 0 Å². The Morgan fingerprint density at radius 1 is 1.35 bits per heavy atom. The van der Waals surface area contributed by atoms with Crippen LogP contribution in [0.25, 0.3) is 11.0 Å². The van der Waals surface area contributed by atoms with Crippen molar-refractivity contribution in [3.63, 3.8) is 0 Å². The van der Waals surface area contributed by atoms with Gasteiger partial charge in [0.05, 0.1) is 0 Å². The Morgan fingerprint density at radius 3 is 2.76 bits per heavy atom. The average Bonchev–Trinajstić information content (AvgIpc) is 2.73. The predicted molar refractivity (Wildman–Crippen MR) is 70.0 cm³/mol. The van der Waals surface area contributed by atoms with Crippen LogP contribution in [-0.4, -0.2) is 5.11 Å².